The number of benzene rings is 1. The number of rotatable bonds is 2. The topological polar surface area (TPSA) is 45.9 Å². The van der Waals surface area contributed by atoms with Crippen molar-refractivity contribution in [1.82, 2.24) is 4.98 Å². The van der Waals surface area contributed by atoms with E-state index in [0.29, 0.717) is 12.2 Å². The summed E-state index contributed by atoms with van der Waals surface area (Å²) >= 11 is 0. The van der Waals surface area contributed by atoms with Crippen molar-refractivity contribution in [3.8, 4) is 11.8 Å². The van der Waals surface area contributed by atoms with Crippen LogP contribution >= 0.6 is 0 Å². The zero-order chi connectivity index (χ0) is 10.7. The summed E-state index contributed by atoms with van der Waals surface area (Å²) in [5.41, 5.74) is 1.42. The predicted octanol–water partition coefficient (Wildman–Crippen LogP) is 2.51. The second-order valence-corrected chi connectivity index (χ2v) is 3.12. The molecule has 0 spiro atoms. The molecule has 0 unspecified atom stereocenters. The molecule has 0 radical (unpaired) electrons. The van der Waals surface area contributed by atoms with Gasteiger partial charge in [-0.3, -0.25) is 4.98 Å². The number of nitriles is 1. The van der Waals surface area contributed by atoms with Gasteiger partial charge in [-0.25, -0.2) is 0 Å². The molecule has 0 aliphatic heterocycles. The first kappa shape index (κ1) is 9.47. The summed E-state index contributed by atoms with van der Waals surface area (Å²) in [4.78, 5) is 4.19. The van der Waals surface area contributed by atoms with Crippen molar-refractivity contribution in [2.24, 2.45) is 0 Å². The summed E-state index contributed by atoms with van der Waals surface area (Å²) in [5.74, 6) is 0.808. The average Bonchev–Trinajstić information content (AvgIpc) is 2.29. The summed E-state index contributed by atoms with van der Waals surface area (Å²) in [5, 5.41) is 9.68. The Hall–Kier alpha value is -2.08. The van der Waals surface area contributed by atoms with Crippen molar-refractivity contribution in [1.29, 1.82) is 5.26 Å². The van der Waals surface area contributed by atoms with Crippen LogP contribution in [0.25, 0.3) is 10.9 Å². The molecule has 0 fully saturated rings. The summed E-state index contributed by atoms with van der Waals surface area (Å²) in [6.45, 7) is 2.58. The SMILES string of the molecule is CCOc1ccc2cc(C#N)cnc2c1. The maximum absolute atomic E-state index is 8.72. The molecule has 74 valence electrons. The van der Waals surface area contributed by atoms with Crippen LogP contribution in [-0.4, -0.2) is 11.6 Å². The smallest absolute Gasteiger partial charge is 0.121 e. The van der Waals surface area contributed by atoms with E-state index in [4.69, 9.17) is 10.00 Å². The molecule has 0 saturated carbocycles. The fraction of sp³-hybridized carbons (Fsp3) is 0.167. The summed E-state index contributed by atoms with van der Waals surface area (Å²) in [6, 6.07) is 9.55. The van der Waals surface area contributed by atoms with E-state index < -0.39 is 0 Å². The Kier molecular flexibility index (Phi) is 2.51. The molecule has 2 rings (SSSR count). The monoisotopic (exact) mass is 198 g/mol. The van der Waals surface area contributed by atoms with Gasteiger partial charge in [0.2, 0.25) is 0 Å². The molecule has 1 aromatic heterocycles. The third-order valence-electron chi connectivity index (χ3n) is 2.10. The first-order valence-electron chi connectivity index (χ1n) is 4.76. The summed E-state index contributed by atoms with van der Waals surface area (Å²) in [7, 11) is 0. The molecule has 0 bridgehead atoms. The first-order chi connectivity index (χ1) is 7.33. The van der Waals surface area contributed by atoms with Gasteiger partial charge in [0.15, 0.2) is 0 Å². The molecule has 3 heteroatoms. The van der Waals surface area contributed by atoms with Gasteiger partial charge >= 0.3 is 0 Å². The van der Waals surface area contributed by atoms with Crippen molar-refractivity contribution in [3.63, 3.8) is 0 Å². The van der Waals surface area contributed by atoms with Crippen LogP contribution in [0.2, 0.25) is 0 Å². The molecule has 0 aliphatic carbocycles. The highest BCUT2D eigenvalue weighted by Crippen LogP contribution is 2.19. The number of fused-ring (bicyclic) bond motifs is 1. The maximum Gasteiger partial charge on any atom is 0.121 e. The molecular formula is C12H10N2O. The number of nitrogens with zero attached hydrogens (tertiary/aromatic N) is 2. The molecule has 1 aromatic carbocycles. The molecule has 1 heterocycles. The molecule has 0 atom stereocenters. The lowest BCUT2D eigenvalue weighted by Gasteiger charge is -2.03. The van der Waals surface area contributed by atoms with Gasteiger partial charge < -0.3 is 4.74 Å². The van der Waals surface area contributed by atoms with Crippen molar-refractivity contribution < 1.29 is 4.74 Å². The van der Waals surface area contributed by atoms with Crippen LogP contribution in [0.3, 0.4) is 0 Å². The van der Waals surface area contributed by atoms with Crippen LogP contribution in [0.4, 0.5) is 0 Å². The maximum atomic E-state index is 8.72. The third-order valence-corrected chi connectivity index (χ3v) is 2.10. The van der Waals surface area contributed by atoms with Gasteiger partial charge in [0.25, 0.3) is 0 Å². The molecule has 0 amide bonds. The Morgan fingerprint density at radius 1 is 1.40 bits per heavy atom. The fourth-order valence-electron chi connectivity index (χ4n) is 1.42. The van der Waals surface area contributed by atoms with Gasteiger partial charge in [-0.1, -0.05) is 0 Å². The van der Waals surface area contributed by atoms with E-state index in [2.05, 4.69) is 11.1 Å². The van der Waals surface area contributed by atoms with Crippen molar-refractivity contribution in [2.45, 2.75) is 6.92 Å². The highest BCUT2D eigenvalue weighted by Gasteiger charge is 1.99. The van der Waals surface area contributed by atoms with Gasteiger partial charge in [0.05, 0.1) is 17.7 Å². The largest absolute Gasteiger partial charge is 0.494 e. The predicted molar refractivity (Wildman–Crippen MR) is 57.6 cm³/mol. The van der Waals surface area contributed by atoms with E-state index in [1.807, 2.05) is 31.2 Å². The van der Waals surface area contributed by atoms with Crippen LogP contribution in [0, 0.1) is 11.3 Å². The van der Waals surface area contributed by atoms with Crippen LogP contribution in [0.5, 0.6) is 5.75 Å². The summed E-state index contributed by atoms with van der Waals surface area (Å²) < 4.78 is 5.37. The minimum absolute atomic E-state index is 0.576. The Morgan fingerprint density at radius 3 is 3.00 bits per heavy atom. The van der Waals surface area contributed by atoms with Gasteiger partial charge in [-0.15, -0.1) is 0 Å². The number of hydrogen-bond acceptors (Lipinski definition) is 3. The lowest BCUT2D eigenvalue weighted by molar-refractivity contribution is 0.340. The normalized spacial score (nSPS) is 9.87. The number of pyridine rings is 1. The number of hydrogen-bond donors (Lipinski definition) is 0. The van der Waals surface area contributed by atoms with Crippen molar-refractivity contribution >= 4 is 10.9 Å². The van der Waals surface area contributed by atoms with E-state index in [0.717, 1.165) is 16.7 Å². The van der Waals surface area contributed by atoms with Crippen molar-refractivity contribution in [3.05, 3.63) is 36.0 Å². The second-order valence-electron chi connectivity index (χ2n) is 3.12. The molecular weight excluding hydrogens is 188 g/mol. The highest BCUT2D eigenvalue weighted by atomic mass is 16.5. The Labute approximate surface area is 87.9 Å². The molecule has 0 aliphatic rings. The number of ether oxygens (including phenoxy) is 1. The first-order valence-corrected chi connectivity index (χ1v) is 4.76. The molecule has 2 aromatic rings. The second kappa shape index (κ2) is 3.97. The standard InChI is InChI=1S/C12H10N2O/c1-2-15-11-4-3-10-5-9(7-13)8-14-12(10)6-11/h3-6,8H,2H2,1H3. The van der Waals surface area contributed by atoms with E-state index in [-0.39, 0.29) is 0 Å². The van der Waals surface area contributed by atoms with Gasteiger partial charge in [-0.05, 0) is 25.1 Å². The molecule has 15 heavy (non-hydrogen) atoms. The van der Waals surface area contributed by atoms with Gasteiger partial charge in [0.1, 0.15) is 11.8 Å². The van der Waals surface area contributed by atoms with E-state index in [1.54, 1.807) is 6.20 Å². The van der Waals surface area contributed by atoms with Crippen molar-refractivity contribution in [2.75, 3.05) is 6.61 Å². The number of aromatic nitrogens is 1. The van der Waals surface area contributed by atoms with Crippen LogP contribution in [0.1, 0.15) is 12.5 Å². The lowest BCUT2D eigenvalue weighted by Crippen LogP contribution is -1.91. The minimum atomic E-state index is 0.576. The van der Waals surface area contributed by atoms with E-state index in [1.165, 1.54) is 0 Å². The fourth-order valence-corrected chi connectivity index (χ4v) is 1.42. The van der Waals surface area contributed by atoms with Gasteiger partial charge in [-0.2, -0.15) is 5.26 Å². The van der Waals surface area contributed by atoms with Crippen LogP contribution < -0.4 is 4.74 Å². The third kappa shape index (κ3) is 1.89. The minimum Gasteiger partial charge on any atom is -0.494 e. The molecule has 3 nitrogen and oxygen atoms in total. The molecule has 0 N–H and O–H groups in total. The summed E-state index contributed by atoms with van der Waals surface area (Å²) in [6.07, 6.45) is 1.57. The van der Waals surface area contributed by atoms with E-state index >= 15 is 0 Å². The molecule has 0 saturated heterocycles. The zero-order valence-electron chi connectivity index (χ0n) is 8.40. The van der Waals surface area contributed by atoms with Gasteiger partial charge in [0, 0.05) is 17.6 Å². The highest BCUT2D eigenvalue weighted by molar-refractivity contribution is 5.81. The van der Waals surface area contributed by atoms with E-state index in [9.17, 15) is 0 Å². The van der Waals surface area contributed by atoms with Crippen LogP contribution in [-0.2, 0) is 0 Å². The lowest BCUT2D eigenvalue weighted by atomic mass is 10.1. The van der Waals surface area contributed by atoms with Crippen LogP contribution in [0.15, 0.2) is 30.5 Å². The zero-order valence-corrected chi connectivity index (χ0v) is 8.40. The quantitative estimate of drug-likeness (QED) is 0.744. The Balaban J connectivity index is 2.51. The average molecular weight is 198 g/mol. The Morgan fingerprint density at radius 2 is 2.27 bits per heavy atom. The Bertz CT molecular complexity index is 529.